The summed E-state index contributed by atoms with van der Waals surface area (Å²) >= 11 is 6.38. The van der Waals surface area contributed by atoms with E-state index in [0.29, 0.717) is 12.4 Å². The van der Waals surface area contributed by atoms with Crippen LogP contribution in [0, 0.1) is 0 Å². The summed E-state index contributed by atoms with van der Waals surface area (Å²) in [4.78, 5) is 8.78. The molecule has 0 radical (unpaired) electrons. The van der Waals surface area contributed by atoms with Crippen molar-refractivity contribution in [3.8, 4) is 11.3 Å². The fourth-order valence-corrected chi connectivity index (χ4v) is 5.25. The van der Waals surface area contributed by atoms with Gasteiger partial charge in [-0.25, -0.2) is 14.6 Å². The molecule has 0 atom stereocenters. The quantitative estimate of drug-likeness (QED) is 0.374. The molecule has 0 bridgehead atoms. The molecular weight excluding hydrogens is 448 g/mol. The zero-order valence-electron chi connectivity index (χ0n) is 18.6. The van der Waals surface area contributed by atoms with Gasteiger partial charge in [0.2, 0.25) is 0 Å². The lowest BCUT2D eigenvalue weighted by molar-refractivity contribution is 0.109. The van der Waals surface area contributed by atoms with E-state index in [0.717, 1.165) is 69.5 Å². The molecule has 0 unspecified atom stereocenters. The maximum Gasteiger partial charge on any atom is 0.164 e. The third kappa shape index (κ3) is 3.61. The number of nitrogens with two attached hydrogens (primary N) is 1. The van der Waals surface area contributed by atoms with Gasteiger partial charge in [-0.3, -0.25) is 0 Å². The third-order valence-corrected chi connectivity index (χ3v) is 7.24. The van der Waals surface area contributed by atoms with Crippen molar-refractivity contribution in [2.24, 2.45) is 0 Å². The molecule has 34 heavy (non-hydrogen) atoms. The van der Waals surface area contributed by atoms with Gasteiger partial charge >= 0.3 is 0 Å². The lowest BCUT2D eigenvalue weighted by Crippen LogP contribution is -2.22. The maximum absolute atomic E-state index is 9.94. The molecule has 172 valence electrons. The van der Waals surface area contributed by atoms with Crippen LogP contribution in [-0.2, 0) is 6.54 Å². The van der Waals surface area contributed by atoms with Gasteiger partial charge in [0, 0.05) is 34.2 Å². The second-order valence-corrected chi connectivity index (χ2v) is 9.43. The molecule has 1 saturated carbocycles. The number of fused-ring (bicyclic) bond motifs is 2. The maximum atomic E-state index is 9.94. The lowest BCUT2D eigenvalue weighted by Gasteiger charge is -2.25. The first-order valence-electron chi connectivity index (χ1n) is 11.6. The highest BCUT2D eigenvalue weighted by Gasteiger charge is 2.26. The van der Waals surface area contributed by atoms with Gasteiger partial charge in [-0.15, -0.1) is 0 Å². The Hall–Kier alpha value is -3.42. The van der Waals surface area contributed by atoms with Gasteiger partial charge < -0.3 is 15.4 Å². The first kappa shape index (κ1) is 21.1. The van der Waals surface area contributed by atoms with Crippen molar-refractivity contribution in [1.29, 1.82) is 0 Å². The smallest absolute Gasteiger partial charge is 0.164 e. The van der Waals surface area contributed by atoms with Gasteiger partial charge in [-0.1, -0.05) is 35.9 Å². The highest BCUT2D eigenvalue weighted by Crippen LogP contribution is 2.37. The van der Waals surface area contributed by atoms with Gasteiger partial charge in [0.1, 0.15) is 17.8 Å². The number of nitrogens with zero attached hydrogens (tertiary/aromatic N) is 5. The fourth-order valence-electron chi connectivity index (χ4n) is 5.05. The van der Waals surface area contributed by atoms with Crippen LogP contribution in [0.5, 0.6) is 0 Å². The van der Waals surface area contributed by atoms with Crippen molar-refractivity contribution in [3.63, 3.8) is 0 Å². The number of hydrogen-bond acceptors (Lipinski definition) is 5. The summed E-state index contributed by atoms with van der Waals surface area (Å²) in [5.41, 5.74) is 11.0. The predicted octanol–water partition coefficient (Wildman–Crippen LogP) is 5.21. The minimum atomic E-state index is -0.227. The van der Waals surface area contributed by atoms with E-state index in [4.69, 9.17) is 22.4 Å². The van der Waals surface area contributed by atoms with Crippen LogP contribution in [0.1, 0.15) is 37.3 Å². The molecule has 1 aliphatic carbocycles. The van der Waals surface area contributed by atoms with Gasteiger partial charge in [0.15, 0.2) is 5.65 Å². The van der Waals surface area contributed by atoms with Crippen molar-refractivity contribution in [2.45, 2.75) is 44.4 Å². The molecule has 0 spiro atoms. The van der Waals surface area contributed by atoms with Crippen LogP contribution < -0.4 is 5.73 Å². The van der Waals surface area contributed by atoms with Crippen LogP contribution >= 0.6 is 11.6 Å². The summed E-state index contributed by atoms with van der Waals surface area (Å²) in [5.74, 6) is 0.429. The summed E-state index contributed by atoms with van der Waals surface area (Å²) in [6.45, 7) is 0.703. The van der Waals surface area contributed by atoms with E-state index in [-0.39, 0.29) is 12.1 Å². The highest BCUT2D eigenvalue weighted by molar-refractivity contribution is 6.31. The number of aliphatic hydroxyl groups excluding tert-OH is 1. The van der Waals surface area contributed by atoms with E-state index in [1.807, 2.05) is 28.9 Å². The summed E-state index contributed by atoms with van der Waals surface area (Å²) in [6.07, 6.45) is 6.62. The number of nitrogen functional groups attached to an aromatic ring is 1. The second-order valence-electron chi connectivity index (χ2n) is 9.02. The summed E-state index contributed by atoms with van der Waals surface area (Å²) in [5, 5.41) is 17.6. The first-order valence-corrected chi connectivity index (χ1v) is 12.0. The monoisotopic (exact) mass is 472 g/mol. The largest absolute Gasteiger partial charge is 0.393 e. The number of aromatic nitrogens is 5. The number of anilines is 1. The molecule has 8 heteroatoms. The molecule has 0 aliphatic heterocycles. The zero-order valence-corrected chi connectivity index (χ0v) is 19.4. The fraction of sp³-hybridized carbons (Fsp3) is 0.269. The van der Waals surface area contributed by atoms with Crippen molar-refractivity contribution in [3.05, 3.63) is 71.6 Å². The zero-order chi connectivity index (χ0) is 23.2. The lowest BCUT2D eigenvalue weighted by atomic mass is 9.93. The van der Waals surface area contributed by atoms with Crippen LogP contribution in [0.15, 0.2) is 61.1 Å². The topological polar surface area (TPSA) is 94.8 Å². The number of halogens is 1. The van der Waals surface area contributed by atoms with Crippen LogP contribution in [0.3, 0.4) is 0 Å². The van der Waals surface area contributed by atoms with Crippen molar-refractivity contribution >= 4 is 39.4 Å². The molecule has 0 saturated heterocycles. The van der Waals surface area contributed by atoms with E-state index in [1.54, 1.807) is 0 Å². The number of hydrogen-bond donors (Lipinski definition) is 2. The molecule has 2 aromatic carbocycles. The van der Waals surface area contributed by atoms with Crippen LogP contribution in [-0.4, -0.2) is 35.5 Å². The minimum Gasteiger partial charge on any atom is -0.393 e. The van der Waals surface area contributed by atoms with Crippen molar-refractivity contribution in [2.75, 3.05) is 5.73 Å². The van der Waals surface area contributed by atoms with Crippen molar-refractivity contribution < 1.29 is 5.11 Å². The standard InChI is InChI=1S/C26H25ClN6O/c27-21-4-2-1-3-18(21)14-32-12-11-16-13-17(5-10-22(16)32)24-23-25(28)29-15-30-26(23)33(31-24)19-6-8-20(34)9-7-19/h1-5,10-13,15,19-20,34H,6-9,14H2,(H2,28,29,30). The van der Waals surface area contributed by atoms with E-state index >= 15 is 0 Å². The molecule has 3 heterocycles. The van der Waals surface area contributed by atoms with E-state index in [1.165, 1.54) is 6.33 Å². The molecule has 1 aliphatic rings. The van der Waals surface area contributed by atoms with Crippen LogP contribution in [0.4, 0.5) is 5.82 Å². The molecule has 1 fully saturated rings. The first-order chi connectivity index (χ1) is 16.6. The Morgan fingerprint density at radius 1 is 1.03 bits per heavy atom. The van der Waals surface area contributed by atoms with E-state index < -0.39 is 0 Å². The van der Waals surface area contributed by atoms with Gasteiger partial charge in [0.25, 0.3) is 0 Å². The van der Waals surface area contributed by atoms with Gasteiger partial charge in [-0.05, 0) is 55.5 Å². The molecule has 5 aromatic rings. The SMILES string of the molecule is Nc1ncnc2c1c(-c1ccc3c(ccn3Cc3ccccc3Cl)c1)nn2C1CCC(O)CC1. The molecule has 6 rings (SSSR count). The normalized spacial score (nSPS) is 18.6. The third-order valence-electron chi connectivity index (χ3n) is 6.87. The summed E-state index contributed by atoms with van der Waals surface area (Å²) in [7, 11) is 0. The van der Waals surface area contributed by atoms with Crippen molar-refractivity contribution in [1.82, 2.24) is 24.3 Å². The number of benzene rings is 2. The number of aliphatic hydroxyl groups is 1. The number of rotatable bonds is 4. The second kappa shape index (κ2) is 8.42. The molecular formula is C26H25ClN6O. The Morgan fingerprint density at radius 3 is 2.68 bits per heavy atom. The van der Waals surface area contributed by atoms with E-state index in [2.05, 4.69) is 45.0 Å². The van der Waals surface area contributed by atoms with Gasteiger partial charge in [0.05, 0.1) is 17.5 Å². The molecule has 3 aromatic heterocycles. The Balaban J connectivity index is 1.41. The Labute approximate surface area is 201 Å². The average molecular weight is 473 g/mol. The Kier molecular flexibility index (Phi) is 5.23. The molecule has 3 N–H and O–H groups in total. The van der Waals surface area contributed by atoms with Crippen LogP contribution in [0.25, 0.3) is 33.2 Å². The molecule has 0 amide bonds. The summed E-state index contributed by atoms with van der Waals surface area (Å²) < 4.78 is 4.18. The highest BCUT2D eigenvalue weighted by atomic mass is 35.5. The molecule has 7 nitrogen and oxygen atoms in total. The van der Waals surface area contributed by atoms with E-state index in [9.17, 15) is 5.11 Å². The predicted molar refractivity (Wildman–Crippen MR) is 135 cm³/mol. The Bertz CT molecular complexity index is 1500. The van der Waals surface area contributed by atoms with Crippen LogP contribution in [0.2, 0.25) is 5.02 Å². The minimum absolute atomic E-state index is 0.189. The Morgan fingerprint density at radius 2 is 1.85 bits per heavy atom. The van der Waals surface area contributed by atoms with Gasteiger partial charge in [-0.2, -0.15) is 5.10 Å². The summed E-state index contributed by atoms with van der Waals surface area (Å²) in [6, 6.07) is 16.5. The average Bonchev–Trinajstić information content (AvgIpc) is 3.43.